The van der Waals surface area contributed by atoms with Gasteiger partial charge in [-0.15, -0.1) is 0 Å². The van der Waals surface area contributed by atoms with E-state index in [2.05, 4.69) is 5.10 Å². The maximum atomic E-state index is 10.7. The van der Waals surface area contributed by atoms with Crippen molar-refractivity contribution in [2.45, 2.75) is 30.6 Å². The van der Waals surface area contributed by atoms with E-state index >= 15 is 0 Å². The average molecular weight is 327 g/mol. The van der Waals surface area contributed by atoms with E-state index in [1.807, 2.05) is 0 Å². The molecule has 126 valence electrons. The van der Waals surface area contributed by atoms with Crippen molar-refractivity contribution < 1.29 is 30.5 Å². The fourth-order valence-corrected chi connectivity index (χ4v) is 2.31. The Hall–Kier alpha value is -2.11. The summed E-state index contributed by atoms with van der Waals surface area (Å²) in [5, 5.41) is 63.7. The molecule has 1 fully saturated rings. The Morgan fingerprint density at radius 3 is 2.52 bits per heavy atom. The van der Waals surface area contributed by atoms with Crippen molar-refractivity contribution in [3.8, 4) is 0 Å². The van der Waals surface area contributed by atoms with E-state index in [4.69, 9.17) is 0 Å². The molecule has 0 aromatic heterocycles. The molecule has 1 aromatic rings. The highest BCUT2D eigenvalue weighted by Gasteiger charge is 2.46. The van der Waals surface area contributed by atoms with Gasteiger partial charge in [-0.1, -0.05) is 12.1 Å². The van der Waals surface area contributed by atoms with Gasteiger partial charge in [0.05, 0.1) is 17.7 Å². The topological polar surface area (TPSA) is 160 Å². The van der Waals surface area contributed by atoms with Crippen LogP contribution in [0.3, 0.4) is 0 Å². The normalized spacial score (nSPS) is 31.5. The molecule has 23 heavy (non-hydrogen) atoms. The Morgan fingerprint density at radius 2 is 1.91 bits per heavy atom. The Balaban J connectivity index is 2.25. The van der Waals surface area contributed by atoms with E-state index in [1.54, 1.807) is 0 Å². The van der Waals surface area contributed by atoms with Crippen LogP contribution in [0.5, 0.6) is 0 Å². The molecule has 1 saturated heterocycles. The predicted octanol–water partition coefficient (Wildman–Crippen LogP) is -1.99. The molecule has 5 atom stereocenters. The molecule has 5 N–H and O–H groups in total. The maximum absolute atomic E-state index is 10.7. The number of nitrogens with zero attached hydrogens (tertiary/aromatic N) is 3. The highest BCUT2D eigenvalue weighted by molar-refractivity contribution is 5.80. The molecule has 0 radical (unpaired) electrons. The summed E-state index contributed by atoms with van der Waals surface area (Å²) in [5.41, 5.74) is 0.195. The van der Waals surface area contributed by atoms with Crippen molar-refractivity contribution in [2.24, 2.45) is 5.10 Å². The molecule has 1 heterocycles. The summed E-state index contributed by atoms with van der Waals surface area (Å²) < 4.78 is 0. The van der Waals surface area contributed by atoms with Gasteiger partial charge in [-0.2, -0.15) is 5.10 Å². The summed E-state index contributed by atoms with van der Waals surface area (Å²) in [6.45, 7) is -0.631. The highest BCUT2D eigenvalue weighted by atomic mass is 16.6. The standard InChI is InChI=1S/C13H17N3O7/c17-6-9-10(18)11(19)12(20)13(21)15(9)14-5-7-2-1-3-8(4-7)16(22)23/h1-5,9-13,17-21H,6H2/b14-5+/t9-,10-,11+,12-,13?/m1/s1. The molecule has 0 aliphatic carbocycles. The minimum absolute atomic E-state index is 0.151. The second kappa shape index (κ2) is 6.98. The zero-order valence-electron chi connectivity index (χ0n) is 11.9. The van der Waals surface area contributed by atoms with Gasteiger partial charge in [-0.3, -0.25) is 15.1 Å². The number of hydrogen-bond donors (Lipinski definition) is 5. The third-order valence-corrected chi connectivity index (χ3v) is 3.62. The number of nitro benzene ring substituents is 1. The lowest BCUT2D eigenvalue weighted by molar-refractivity contribution is -0.384. The molecule has 0 saturated carbocycles. The van der Waals surface area contributed by atoms with Crippen LogP contribution in [-0.4, -0.2) is 78.9 Å². The van der Waals surface area contributed by atoms with E-state index in [9.17, 15) is 35.6 Å². The van der Waals surface area contributed by atoms with Crippen molar-refractivity contribution >= 4 is 11.9 Å². The highest BCUT2D eigenvalue weighted by Crippen LogP contribution is 2.23. The van der Waals surface area contributed by atoms with Crippen LogP contribution >= 0.6 is 0 Å². The van der Waals surface area contributed by atoms with Gasteiger partial charge in [-0.05, 0) is 0 Å². The summed E-state index contributed by atoms with van der Waals surface area (Å²) >= 11 is 0. The van der Waals surface area contributed by atoms with E-state index < -0.39 is 42.1 Å². The summed E-state index contributed by atoms with van der Waals surface area (Å²) in [6, 6.07) is 4.38. The van der Waals surface area contributed by atoms with Crippen LogP contribution in [0.4, 0.5) is 5.69 Å². The number of nitro groups is 1. The molecule has 0 bridgehead atoms. The Bertz CT molecular complexity index is 597. The van der Waals surface area contributed by atoms with Crippen LogP contribution in [0.2, 0.25) is 0 Å². The van der Waals surface area contributed by atoms with Crippen molar-refractivity contribution in [3.63, 3.8) is 0 Å². The minimum atomic E-state index is -1.69. The molecule has 10 heteroatoms. The number of aliphatic hydroxyl groups excluding tert-OH is 5. The number of hydrazone groups is 1. The largest absolute Gasteiger partial charge is 0.394 e. The molecular weight excluding hydrogens is 310 g/mol. The average Bonchev–Trinajstić information content (AvgIpc) is 2.55. The van der Waals surface area contributed by atoms with Gasteiger partial charge < -0.3 is 25.5 Å². The molecule has 1 aromatic carbocycles. The minimum Gasteiger partial charge on any atom is -0.394 e. The van der Waals surface area contributed by atoms with Crippen LogP contribution in [0.1, 0.15) is 5.56 Å². The van der Waals surface area contributed by atoms with Gasteiger partial charge in [0.1, 0.15) is 24.4 Å². The lowest BCUT2D eigenvalue weighted by Gasteiger charge is -2.44. The fourth-order valence-electron chi connectivity index (χ4n) is 2.31. The zero-order chi connectivity index (χ0) is 17.1. The second-order valence-electron chi connectivity index (χ2n) is 5.11. The molecule has 10 nitrogen and oxygen atoms in total. The first kappa shape index (κ1) is 17.2. The lowest BCUT2D eigenvalue weighted by atomic mass is 9.94. The molecule has 0 amide bonds. The van der Waals surface area contributed by atoms with Gasteiger partial charge in [-0.25, -0.2) is 0 Å². The van der Waals surface area contributed by atoms with Crippen LogP contribution in [0, 0.1) is 10.1 Å². The maximum Gasteiger partial charge on any atom is 0.270 e. The van der Waals surface area contributed by atoms with Gasteiger partial charge >= 0.3 is 0 Å². The van der Waals surface area contributed by atoms with Crippen LogP contribution in [0.15, 0.2) is 29.4 Å². The summed E-state index contributed by atoms with van der Waals surface area (Å²) in [6.07, 6.45) is -5.32. The quantitative estimate of drug-likeness (QED) is 0.241. The molecule has 1 unspecified atom stereocenters. The SMILES string of the molecule is O=[N+]([O-])c1cccc(/C=N/N2C(O)[C@H](O)[C@@H](O)[C@H](O)[C@H]2CO)c1. The number of hydrogen-bond acceptors (Lipinski definition) is 9. The Labute approximate surface area is 130 Å². The van der Waals surface area contributed by atoms with Crippen molar-refractivity contribution in [1.82, 2.24) is 5.01 Å². The predicted molar refractivity (Wildman–Crippen MR) is 77.4 cm³/mol. The Kier molecular flexibility index (Phi) is 5.23. The van der Waals surface area contributed by atoms with Crippen LogP contribution in [0.25, 0.3) is 0 Å². The number of benzene rings is 1. The van der Waals surface area contributed by atoms with Gasteiger partial charge in [0.2, 0.25) is 0 Å². The van der Waals surface area contributed by atoms with Crippen molar-refractivity contribution in [1.29, 1.82) is 0 Å². The molecular formula is C13H17N3O7. The molecule has 2 rings (SSSR count). The number of aliphatic hydroxyl groups is 5. The third kappa shape index (κ3) is 3.46. The van der Waals surface area contributed by atoms with E-state index in [0.29, 0.717) is 5.56 Å². The van der Waals surface area contributed by atoms with Crippen LogP contribution < -0.4 is 0 Å². The fraction of sp³-hybridized carbons (Fsp3) is 0.462. The number of non-ortho nitro benzene ring substituents is 1. The summed E-state index contributed by atoms with van der Waals surface area (Å²) in [4.78, 5) is 10.1. The first-order valence-corrected chi connectivity index (χ1v) is 6.76. The Morgan fingerprint density at radius 1 is 1.22 bits per heavy atom. The molecule has 0 spiro atoms. The van der Waals surface area contributed by atoms with Gasteiger partial charge in [0, 0.05) is 17.7 Å². The zero-order valence-corrected chi connectivity index (χ0v) is 11.9. The van der Waals surface area contributed by atoms with Crippen molar-refractivity contribution in [2.75, 3.05) is 6.61 Å². The number of rotatable bonds is 4. The molecule has 1 aliphatic heterocycles. The summed E-state index contributed by atoms with van der Waals surface area (Å²) in [7, 11) is 0. The second-order valence-corrected chi connectivity index (χ2v) is 5.11. The third-order valence-electron chi connectivity index (χ3n) is 3.62. The van der Waals surface area contributed by atoms with Crippen molar-refractivity contribution in [3.05, 3.63) is 39.9 Å². The number of piperidine rings is 1. The van der Waals surface area contributed by atoms with E-state index in [-0.39, 0.29) is 5.69 Å². The summed E-state index contributed by atoms with van der Waals surface area (Å²) in [5.74, 6) is 0. The monoisotopic (exact) mass is 327 g/mol. The van der Waals surface area contributed by atoms with Gasteiger partial charge in [0.15, 0.2) is 6.23 Å². The van der Waals surface area contributed by atoms with Gasteiger partial charge in [0.25, 0.3) is 5.69 Å². The van der Waals surface area contributed by atoms with E-state index in [1.165, 1.54) is 30.5 Å². The smallest absolute Gasteiger partial charge is 0.270 e. The molecule has 1 aliphatic rings. The van der Waals surface area contributed by atoms with E-state index in [0.717, 1.165) is 5.01 Å². The first-order valence-electron chi connectivity index (χ1n) is 6.76. The lowest BCUT2D eigenvalue weighted by Crippen LogP contribution is -2.65. The first-order chi connectivity index (χ1) is 10.9. The van der Waals surface area contributed by atoms with Crippen LogP contribution in [-0.2, 0) is 0 Å².